The Labute approximate surface area is 97.5 Å². The van der Waals surface area contributed by atoms with Crippen LogP contribution in [0.2, 0.25) is 0 Å². The van der Waals surface area contributed by atoms with Crippen molar-refractivity contribution in [3.63, 3.8) is 0 Å². The van der Waals surface area contributed by atoms with Crippen LogP contribution in [0.3, 0.4) is 0 Å². The average molecular weight is 244 g/mol. The summed E-state index contributed by atoms with van der Waals surface area (Å²) in [5.74, 6) is 0.0178. The van der Waals surface area contributed by atoms with Crippen molar-refractivity contribution in [3.05, 3.63) is 12.7 Å². The minimum absolute atomic E-state index is 0.0178. The fourth-order valence-corrected chi connectivity index (χ4v) is 3.82. The summed E-state index contributed by atoms with van der Waals surface area (Å²) < 4.78 is 26.0. The molecule has 4 nitrogen and oxygen atoms in total. The maximum atomic E-state index is 11.6. The summed E-state index contributed by atoms with van der Waals surface area (Å²) >= 11 is 0. The number of hydrogen-bond acceptors (Lipinski definition) is 3. The van der Waals surface area contributed by atoms with Crippen LogP contribution in [0.1, 0.15) is 32.1 Å². The lowest BCUT2D eigenvalue weighted by atomic mass is 9.70. The molecule has 1 aliphatic carbocycles. The van der Waals surface area contributed by atoms with Crippen molar-refractivity contribution in [3.8, 4) is 0 Å². The van der Waals surface area contributed by atoms with Crippen molar-refractivity contribution in [1.29, 1.82) is 0 Å². The molecule has 0 aromatic carbocycles. The van der Waals surface area contributed by atoms with E-state index in [4.69, 9.17) is 0 Å². The van der Waals surface area contributed by atoms with Gasteiger partial charge in [0.05, 0.1) is 5.75 Å². The molecule has 0 aromatic heterocycles. The first kappa shape index (κ1) is 12.1. The van der Waals surface area contributed by atoms with E-state index in [-0.39, 0.29) is 17.3 Å². The number of hydrogen-bond donors (Lipinski definition) is 2. The fraction of sp³-hybridized carbons (Fsp3) is 0.818. The van der Waals surface area contributed by atoms with Crippen LogP contribution in [0, 0.1) is 0 Å². The molecule has 1 spiro atoms. The van der Waals surface area contributed by atoms with Crippen molar-refractivity contribution < 1.29 is 8.42 Å². The second-order valence-corrected chi connectivity index (χ2v) is 6.74. The standard InChI is InChI=1S/C11H20N2O2S/c1-2-8-16(14,15)13-10-4-7-12-11(9-10)5-3-6-11/h2,10,12-13H,1,3-9H2. The van der Waals surface area contributed by atoms with Gasteiger partial charge in [0, 0.05) is 11.6 Å². The summed E-state index contributed by atoms with van der Waals surface area (Å²) in [4.78, 5) is 0. The Kier molecular flexibility index (Phi) is 3.37. The van der Waals surface area contributed by atoms with Crippen LogP contribution in [0.15, 0.2) is 12.7 Å². The van der Waals surface area contributed by atoms with E-state index in [0.29, 0.717) is 0 Å². The zero-order valence-electron chi connectivity index (χ0n) is 9.54. The van der Waals surface area contributed by atoms with Crippen LogP contribution < -0.4 is 10.0 Å². The topological polar surface area (TPSA) is 58.2 Å². The molecule has 1 heterocycles. The van der Waals surface area contributed by atoms with Gasteiger partial charge >= 0.3 is 0 Å². The highest BCUT2D eigenvalue weighted by atomic mass is 32.2. The van der Waals surface area contributed by atoms with Gasteiger partial charge in [-0.15, -0.1) is 6.58 Å². The molecule has 2 fully saturated rings. The quantitative estimate of drug-likeness (QED) is 0.718. The van der Waals surface area contributed by atoms with Crippen LogP contribution in [0.25, 0.3) is 0 Å². The second kappa shape index (κ2) is 4.47. The summed E-state index contributed by atoms with van der Waals surface area (Å²) in [6.45, 7) is 4.38. The third kappa shape index (κ3) is 2.64. The molecule has 0 radical (unpaired) electrons. The van der Waals surface area contributed by atoms with Gasteiger partial charge < -0.3 is 5.32 Å². The van der Waals surface area contributed by atoms with Gasteiger partial charge in [-0.3, -0.25) is 0 Å². The van der Waals surface area contributed by atoms with Gasteiger partial charge in [0.1, 0.15) is 0 Å². The molecule has 92 valence electrons. The van der Waals surface area contributed by atoms with E-state index in [0.717, 1.165) is 19.4 Å². The molecule has 1 unspecified atom stereocenters. The maximum absolute atomic E-state index is 11.6. The Morgan fingerprint density at radius 3 is 2.81 bits per heavy atom. The lowest BCUT2D eigenvalue weighted by molar-refractivity contribution is 0.126. The molecule has 1 saturated carbocycles. The first-order chi connectivity index (χ1) is 7.55. The van der Waals surface area contributed by atoms with E-state index in [1.54, 1.807) is 0 Å². The van der Waals surface area contributed by atoms with Gasteiger partial charge in [0.25, 0.3) is 0 Å². The van der Waals surface area contributed by atoms with Gasteiger partial charge in [-0.05, 0) is 38.6 Å². The Morgan fingerprint density at radius 1 is 1.50 bits per heavy atom. The number of sulfonamides is 1. The number of piperidine rings is 1. The summed E-state index contributed by atoms with van der Waals surface area (Å²) in [5, 5.41) is 3.52. The lowest BCUT2D eigenvalue weighted by Crippen LogP contribution is -2.59. The SMILES string of the molecule is C=CCS(=O)(=O)NC1CCNC2(CCC2)C1. The van der Waals surface area contributed by atoms with E-state index in [1.807, 2.05) is 0 Å². The summed E-state index contributed by atoms with van der Waals surface area (Å²) in [6, 6.07) is 0.103. The smallest absolute Gasteiger partial charge is 0.215 e. The summed E-state index contributed by atoms with van der Waals surface area (Å²) in [7, 11) is -3.16. The van der Waals surface area contributed by atoms with Crippen LogP contribution in [-0.2, 0) is 10.0 Å². The highest BCUT2D eigenvalue weighted by Crippen LogP contribution is 2.38. The molecule has 16 heavy (non-hydrogen) atoms. The molecular formula is C11H20N2O2S. The molecule has 5 heteroatoms. The largest absolute Gasteiger partial charge is 0.311 e. The van der Waals surface area contributed by atoms with Gasteiger partial charge in [-0.25, -0.2) is 13.1 Å². The molecule has 2 aliphatic rings. The molecule has 0 aromatic rings. The first-order valence-electron chi connectivity index (χ1n) is 5.91. The molecule has 2 rings (SSSR count). The molecule has 2 N–H and O–H groups in total. The molecule has 0 amide bonds. The van der Waals surface area contributed by atoms with Gasteiger partial charge in [-0.1, -0.05) is 6.08 Å². The van der Waals surface area contributed by atoms with Crippen molar-refractivity contribution in [2.75, 3.05) is 12.3 Å². The minimum Gasteiger partial charge on any atom is -0.311 e. The van der Waals surface area contributed by atoms with Gasteiger partial charge in [0.15, 0.2) is 0 Å². The Bertz CT molecular complexity index is 360. The molecule has 0 bridgehead atoms. The van der Waals surface area contributed by atoms with Crippen molar-refractivity contribution in [2.45, 2.75) is 43.7 Å². The molecule has 1 aliphatic heterocycles. The predicted octanol–water partition coefficient (Wildman–Crippen LogP) is 0.766. The van der Waals surface area contributed by atoms with Crippen LogP contribution in [-0.4, -0.2) is 32.3 Å². The second-order valence-electron chi connectivity index (χ2n) is 4.94. The van der Waals surface area contributed by atoms with E-state index in [1.165, 1.54) is 25.3 Å². The monoisotopic (exact) mass is 244 g/mol. The van der Waals surface area contributed by atoms with E-state index in [2.05, 4.69) is 16.6 Å². The normalized spacial score (nSPS) is 28.6. The zero-order valence-corrected chi connectivity index (χ0v) is 10.4. The third-order valence-electron chi connectivity index (χ3n) is 3.62. The zero-order chi connectivity index (χ0) is 11.6. The Balaban J connectivity index is 1.92. The van der Waals surface area contributed by atoms with Gasteiger partial charge in [0.2, 0.25) is 10.0 Å². The summed E-state index contributed by atoms with van der Waals surface area (Å²) in [5.41, 5.74) is 0.236. The van der Waals surface area contributed by atoms with Crippen molar-refractivity contribution >= 4 is 10.0 Å². The minimum atomic E-state index is -3.16. The van der Waals surface area contributed by atoms with E-state index in [9.17, 15) is 8.42 Å². The predicted molar refractivity (Wildman–Crippen MR) is 64.7 cm³/mol. The van der Waals surface area contributed by atoms with Gasteiger partial charge in [-0.2, -0.15) is 0 Å². The van der Waals surface area contributed by atoms with Crippen LogP contribution in [0.4, 0.5) is 0 Å². The number of nitrogens with one attached hydrogen (secondary N) is 2. The van der Waals surface area contributed by atoms with Crippen LogP contribution in [0.5, 0.6) is 0 Å². The lowest BCUT2D eigenvalue weighted by Gasteiger charge is -2.48. The number of rotatable bonds is 4. The molecule has 1 atom stereocenters. The van der Waals surface area contributed by atoms with E-state index < -0.39 is 10.0 Å². The van der Waals surface area contributed by atoms with E-state index >= 15 is 0 Å². The molecule has 1 saturated heterocycles. The maximum Gasteiger partial charge on any atom is 0.215 e. The highest BCUT2D eigenvalue weighted by Gasteiger charge is 2.41. The average Bonchev–Trinajstić information content (AvgIpc) is 2.14. The third-order valence-corrected chi connectivity index (χ3v) is 4.99. The fourth-order valence-electron chi connectivity index (χ4n) is 2.70. The van der Waals surface area contributed by atoms with Crippen LogP contribution >= 0.6 is 0 Å². The van der Waals surface area contributed by atoms with Crippen molar-refractivity contribution in [2.24, 2.45) is 0 Å². The first-order valence-corrected chi connectivity index (χ1v) is 7.56. The summed E-state index contributed by atoms with van der Waals surface area (Å²) in [6.07, 6.45) is 6.89. The highest BCUT2D eigenvalue weighted by molar-refractivity contribution is 7.89. The Morgan fingerprint density at radius 2 is 2.25 bits per heavy atom. The Hall–Kier alpha value is -0.390. The molecular weight excluding hydrogens is 224 g/mol. The van der Waals surface area contributed by atoms with Crippen molar-refractivity contribution in [1.82, 2.24) is 10.0 Å².